The standard InChI is InChI=1S/C25H27N5O3.C13H13N.C9H12.C6H6O2.C4H6O/c1-2-21(31)30-19-11-7-6-10-18(19)29-20-14-17(12-13-26-20)28-23-22(24(32)25(23)33)27-15-16-8-4-3-5-9-16;1-10-7-8-14-13(9-10)12-6-4-3-5-11(12)2;1-8(2)9-6-4-3-5-7-9;1-3-4(2)6(8)5(3)7;1-3-4(2)5/h2-5,8-9,12-14,18-19,27H,1,6-7,10-11,15H2,(H,30,31)(H2,26,28,29);3-9H,1-2H3;3-8H,1-2H3;1-2H3;3H,1H2,2H3. The van der Waals surface area contributed by atoms with Gasteiger partial charge in [-0.15, -0.1) is 0 Å². The first-order valence-electron chi connectivity index (χ1n) is 23.0. The maximum absolute atomic E-state index is 12.2. The number of amides is 1. The fourth-order valence-electron chi connectivity index (χ4n) is 7.11. The third-order valence-electron chi connectivity index (χ3n) is 11.4. The molecule has 0 aliphatic heterocycles. The van der Waals surface area contributed by atoms with Gasteiger partial charge < -0.3 is 21.3 Å². The molecule has 12 heteroatoms. The van der Waals surface area contributed by atoms with Crippen molar-refractivity contribution in [3.63, 3.8) is 0 Å². The zero-order valence-corrected chi connectivity index (χ0v) is 40.7. The number of anilines is 4. The van der Waals surface area contributed by atoms with Crippen molar-refractivity contribution in [2.24, 2.45) is 0 Å². The summed E-state index contributed by atoms with van der Waals surface area (Å²) in [5.41, 5.74) is 7.94. The lowest BCUT2D eigenvalue weighted by molar-refractivity contribution is -0.117. The molecular formula is C57H64N6O6. The van der Waals surface area contributed by atoms with Crippen LogP contribution in [0.25, 0.3) is 11.3 Å². The highest BCUT2D eigenvalue weighted by molar-refractivity contribution is 5.87. The first kappa shape index (κ1) is 53.8. The van der Waals surface area contributed by atoms with Crippen molar-refractivity contribution in [1.82, 2.24) is 15.3 Å². The molecule has 1 saturated carbocycles. The number of benzene rings is 3. The number of hydrogen-bond acceptors (Lipinski definition) is 11. The van der Waals surface area contributed by atoms with E-state index in [1.54, 1.807) is 32.2 Å². The summed E-state index contributed by atoms with van der Waals surface area (Å²) in [5.74, 6) is 1.12. The van der Waals surface area contributed by atoms with Gasteiger partial charge in [-0.1, -0.05) is 125 Å². The van der Waals surface area contributed by atoms with Crippen molar-refractivity contribution in [1.29, 1.82) is 0 Å². The smallest absolute Gasteiger partial charge is 0.253 e. The predicted molar refractivity (Wildman–Crippen MR) is 282 cm³/mol. The van der Waals surface area contributed by atoms with Crippen molar-refractivity contribution in [3.05, 3.63) is 221 Å². The summed E-state index contributed by atoms with van der Waals surface area (Å²) in [6.45, 7) is 20.6. The molecule has 69 heavy (non-hydrogen) atoms. The van der Waals surface area contributed by atoms with Crippen molar-refractivity contribution < 1.29 is 9.59 Å². The first-order valence-corrected chi connectivity index (χ1v) is 23.0. The maximum Gasteiger partial charge on any atom is 0.253 e. The molecule has 2 aromatic heterocycles. The van der Waals surface area contributed by atoms with E-state index in [1.165, 1.54) is 41.3 Å². The Morgan fingerprint density at radius 3 is 1.80 bits per heavy atom. The fourth-order valence-corrected chi connectivity index (χ4v) is 7.11. The van der Waals surface area contributed by atoms with Gasteiger partial charge in [0.25, 0.3) is 10.9 Å². The molecule has 1 aliphatic carbocycles. The monoisotopic (exact) mass is 928 g/mol. The molecule has 1 aliphatic rings. The number of allylic oxidation sites excluding steroid dienone is 1. The van der Waals surface area contributed by atoms with Crippen LogP contribution >= 0.6 is 0 Å². The van der Waals surface area contributed by atoms with Crippen LogP contribution in [0, 0.1) is 27.7 Å². The minimum absolute atomic E-state index is 0.00926. The molecule has 1 fully saturated rings. The van der Waals surface area contributed by atoms with Crippen molar-refractivity contribution >= 4 is 34.6 Å². The van der Waals surface area contributed by atoms with Crippen molar-refractivity contribution in [2.45, 2.75) is 98.7 Å². The largest absolute Gasteiger partial charge is 0.376 e. The Morgan fingerprint density at radius 2 is 1.25 bits per heavy atom. The van der Waals surface area contributed by atoms with Crippen LogP contribution in [0.4, 0.5) is 22.9 Å². The predicted octanol–water partition coefficient (Wildman–Crippen LogP) is 9.89. The molecule has 12 nitrogen and oxygen atoms in total. The third kappa shape index (κ3) is 16.5. The lowest BCUT2D eigenvalue weighted by atomic mass is 9.90. The van der Waals surface area contributed by atoms with E-state index in [0.717, 1.165) is 36.9 Å². The Bertz CT molecular complexity index is 2900. The molecule has 0 saturated heterocycles. The molecule has 2 unspecified atom stereocenters. The van der Waals surface area contributed by atoms with Gasteiger partial charge in [-0.2, -0.15) is 0 Å². The molecule has 5 aromatic carbocycles. The van der Waals surface area contributed by atoms with E-state index >= 15 is 0 Å². The van der Waals surface area contributed by atoms with E-state index in [0.29, 0.717) is 35.1 Å². The summed E-state index contributed by atoms with van der Waals surface area (Å²) in [5, 5.41) is 12.5. The van der Waals surface area contributed by atoms with Crippen LogP contribution in [0.5, 0.6) is 0 Å². The summed E-state index contributed by atoms with van der Waals surface area (Å²) in [4.78, 5) is 75.2. The molecule has 1 amide bonds. The zero-order chi connectivity index (χ0) is 50.5. The highest BCUT2D eigenvalue weighted by Crippen LogP contribution is 2.26. The number of pyridine rings is 2. The van der Waals surface area contributed by atoms with Crippen LogP contribution in [0.15, 0.2) is 166 Å². The van der Waals surface area contributed by atoms with Crippen LogP contribution in [0.3, 0.4) is 0 Å². The number of nitrogens with one attached hydrogen (secondary N) is 4. The van der Waals surface area contributed by atoms with E-state index in [1.807, 2.05) is 54.7 Å². The molecule has 4 N–H and O–H groups in total. The molecule has 8 rings (SSSR count). The fraction of sp³-hybridized carbons (Fsp3) is 0.263. The normalized spacial score (nSPS) is 13.6. The number of rotatable bonds is 12. The average Bonchev–Trinajstić information content (AvgIpc) is 3.37. The lowest BCUT2D eigenvalue weighted by Crippen LogP contribution is -2.48. The Kier molecular flexibility index (Phi) is 21.1. The highest BCUT2D eigenvalue weighted by Gasteiger charge is 2.27. The molecule has 0 radical (unpaired) electrons. The second-order valence-electron chi connectivity index (χ2n) is 17.0. The number of ketones is 1. The van der Waals surface area contributed by atoms with Crippen LogP contribution in [0.1, 0.15) is 85.8 Å². The highest BCUT2D eigenvalue weighted by atomic mass is 16.2. The van der Waals surface area contributed by atoms with Gasteiger partial charge in [-0.3, -0.25) is 33.8 Å². The minimum Gasteiger partial charge on any atom is -0.376 e. The van der Waals surface area contributed by atoms with Gasteiger partial charge in [0.05, 0.1) is 5.69 Å². The van der Waals surface area contributed by atoms with Gasteiger partial charge in [0.2, 0.25) is 16.8 Å². The van der Waals surface area contributed by atoms with Crippen molar-refractivity contribution in [2.75, 3.05) is 16.0 Å². The van der Waals surface area contributed by atoms with E-state index in [2.05, 4.69) is 121 Å². The van der Waals surface area contributed by atoms with Crippen molar-refractivity contribution in [3.8, 4) is 11.3 Å². The quantitative estimate of drug-likeness (QED) is 0.0678. The van der Waals surface area contributed by atoms with Gasteiger partial charge in [-0.05, 0) is 106 Å². The second-order valence-corrected chi connectivity index (χ2v) is 17.0. The zero-order valence-electron chi connectivity index (χ0n) is 40.7. The van der Waals surface area contributed by atoms with Gasteiger partial charge in [0.1, 0.15) is 17.2 Å². The molecule has 0 bridgehead atoms. The molecular weight excluding hydrogens is 865 g/mol. The Hall–Kier alpha value is -7.86. The Balaban J connectivity index is 0.000000233. The molecule has 0 spiro atoms. The third-order valence-corrected chi connectivity index (χ3v) is 11.4. The number of nitrogens with zero attached hydrogens (tertiary/aromatic N) is 2. The molecule has 2 atom stereocenters. The number of aromatic nitrogens is 2. The van der Waals surface area contributed by atoms with E-state index < -0.39 is 10.9 Å². The second kappa shape index (κ2) is 27.1. The van der Waals surface area contributed by atoms with E-state index in [4.69, 9.17) is 0 Å². The first-order chi connectivity index (χ1) is 33.0. The number of aryl methyl sites for hydroxylation is 2. The van der Waals surface area contributed by atoms with E-state index in [9.17, 15) is 28.8 Å². The molecule has 7 aromatic rings. The minimum atomic E-state index is -0.545. The Morgan fingerprint density at radius 1 is 0.681 bits per heavy atom. The average molecular weight is 929 g/mol. The summed E-state index contributed by atoms with van der Waals surface area (Å²) < 4.78 is 0. The van der Waals surface area contributed by atoms with Gasteiger partial charge >= 0.3 is 0 Å². The summed E-state index contributed by atoms with van der Waals surface area (Å²) in [7, 11) is 0. The summed E-state index contributed by atoms with van der Waals surface area (Å²) >= 11 is 0. The Labute approximate surface area is 405 Å². The van der Waals surface area contributed by atoms with Gasteiger partial charge in [0.15, 0.2) is 5.78 Å². The van der Waals surface area contributed by atoms with Gasteiger partial charge in [0, 0.05) is 59.5 Å². The number of hydrogen-bond donors (Lipinski definition) is 4. The van der Waals surface area contributed by atoms with Crippen LogP contribution < -0.4 is 43.0 Å². The lowest BCUT2D eigenvalue weighted by Gasteiger charge is -2.33. The van der Waals surface area contributed by atoms with Crippen LogP contribution in [-0.2, 0) is 16.1 Å². The maximum atomic E-state index is 12.2. The number of carbonyl (C=O) groups is 2. The summed E-state index contributed by atoms with van der Waals surface area (Å²) in [6, 6.07) is 36.2. The number of carbonyl (C=O) groups excluding carboxylic acids is 2. The topological polar surface area (TPSA) is 176 Å². The summed E-state index contributed by atoms with van der Waals surface area (Å²) in [6.07, 6.45) is 9.96. The van der Waals surface area contributed by atoms with Crippen LogP contribution in [0.2, 0.25) is 0 Å². The van der Waals surface area contributed by atoms with Gasteiger partial charge in [-0.25, -0.2) is 4.98 Å². The van der Waals surface area contributed by atoms with E-state index in [-0.39, 0.29) is 46.0 Å². The molecule has 2 heterocycles. The molecule has 358 valence electrons. The SMILES string of the molecule is C=CC(=O)NC1CCCCC1Nc1cc(Nc2c(NCc3ccccc3)c(=O)c2=O)ccn1.C=CC(C)=O.CC(C)c1ccccc1.Cc1c(C)c(=O)c1=O.Cc1ccnc(-c2ccccc2C)c1. The van der Waals surface area contributed by atoms with Crippen LogP contribution in [-0.4, -0.2) is 33.7 Å².